The van der Waals surface area contributed by atoms with Crippen LogP contribution in [0.3, 0.4) is 0 Å². The van der Waals surface area contributed by atoms with Gasteiger partial charge in [-0.2, -0.15) is 0 Å². The van der Waals surface area contributed by atoms with Crippen molar-refractivity contribution in [1.82, 2.24) is 4.90 Å². The first-order valence-electron chi connectivity index (χ1n) is 13.4. The first kappa shape index (κ1) is 25.2. The van der Waals surface area contributed by atoms with Gasteiger partial charge in [-0.25, -0.2) is 0 Å². The first-order chi connectivity index (χ1) is 16.1. The summed E-state index contributed by atoms with van der Waals surface area (Å²) in [5.41, 5.74) is 1.13. The van der Waals surface area contributed by atoms with Crippen molar-refractivity contribution in [3.63, 3.8) is 0 Å². The fourth-order valence-corrected chi connectivity index (χ4v) is 6.23. The van der Waals surface area contributed by atoms with E-state index in [-0.39, 0.29) is 17.2 Å². The second-order valence-corrected chi connectivity index (χ2v) is 12.2. The Kier molecular flexibility index (Phi) is 7.40. The Morgan fingerprint density at radius 3 is 2.32 bits per heavy atom. The lowest BCUT2D eigenvalue weighted by Crippen LogP contribution is -2.58. The second kappa shape index (κ2) is 9.99. The molecule has 1 heterocycles. The number of carbonyl (C=O) groups excluding carboxylic acids is 1. The lowest BCUT2D eigenvalue weighted by Gasteiger charge is -2.45. The molecule has 1 atom stereocenters. The van der Waals surface area contributed by atoms with E-state index in [1.54, 1.807) is 0 Å². The Hall–Kier alpha value is -1.91. The molecule has 1 aromatic carbocycles. The molecular formula is C30H45N2O2+. The van der Waals surface area contributed by atoms with Gasteiger partial charge in [0.2, 0.25) is 0 Å². The van der Waals surface area contributed by atoms with Gasteiger partial charge in [0.25, 0.3) is 5.91 Å². The SMILES string of the molecule is CC1(C)C=CC(CC[N+](C)(C)C2CCN(C(=O)C(O)(c3ccccc3)C3CCCC3)CC2)=CC1. The van der Waals surface area contributed by atoms with Crippen LogP contribution < -0.4 is 0 Å². The number of benzene rings is 1. The summed E-state index contributed by atoms with van der Waals surface area (Å²) in [7, 11) is 4.69. The number of rotatable bonds is 7. The van der Waals surface area contributed by atoms with E-state index in [9.17, 15) is 9.90 Å². The molecule has 4 heteroatoms. The number of amides is 1. The molecule has 1 N–H and O–H groups in total. The molecule has 34 heavy (non-hydrogen) atoms. The number of piperidine rings is 1. The Labute approximate surface area is 206 Å². The molecule has 1 aliphatic heterocycles. The normalized spacial score (nSPS) is 23.6. The summed E-state index contributed by atoms with van der Waals surface area (Å²) in [6.45, 7) is 7.17. The van der Waals surface area contributed by atoms with Gasteiger partial charge in [-0.05, 0) is 35.8 Å². The number of nitrogens with zero attached hydrogens (tertiary/aromatic N) is 2. The van der Waals surface area contributed by atoms with Gasteiger partial charge in [0.1, 0.15) is 0 Å². The van der Waals surface area contributed by atoms with Crippen LogP contribution >= 0.6 is 0 Å². The van der Waals surface area contributed by atoms with Crippen LogP contribution in [0.25, 0.3) is 0 Å². The highest BCUT2D eigenvalue weighted by atomic mass is 16.3. The van der Waals surface area contributed by atoms with Crippen molar-refractivity contribution in [2.24, 2.45) is 11.3 Å². The summed E-state index contributed by atoms with van der Waals surface area (Å²) in [6.07, 6.45) is 15.4. The van der Waals surface area contributed by atoms with Crippen molar-refractivity contribution in [1.29, 1.82) is 0 Å². The van der Waals surface area contributed by atoms with Gasteiger partial charge in [0.05, 0.1) is 26.7 Å². The minimum absolute atomic E-state index is 0.0224. The maximum atomic E-state index is 13.8. The first-order valence-corrected chi connectivity index (χ1v) is 13.4. The Balaban J connectivity index is 1.38. The monoisotopic (exact) mass is 465 g/mol. The minimum Gasteiger partial charge on any atom is -0.375 e. The van der Waals surface area contributed by atoms with Crippen molar-refractivity contribution in [3.8, 4) is 0 Å². The number of quaternary nitrogens is 1. The predicted molar refractivity (Wildman–Crippen MR) is 139 cm³/mol. The van der Waals surface area contributed by atoms with Crippen LogP contribution in [-0.4, -0.2) is 60.2 Å². The highest BCUT2D eigenvalue weighted by molar-refractivity contribution is 5.87. The molecule has 2 fully saturated rings. The molecule has 0 bridgehead atoms. The maximum absolute atomic E-state index is 13.8. The standard InChI is InChI=1S/C30H45N2O2/c1-29(2)19-14-24(15-20-29)18-23-32(3,4)27-16-21-31(22-17-27)28(33)30(34,26-12-8-9-13-26)25-10-6-5-7-11-25/h5-7,10-11,14-15,19,26-27,34H,8-9,12-13,16-18,20-23H2,1-4H3/q+1. The highest BCUT2D eigenvalue weighted by Crippen LogP contribution is 2.42. The van der Waals surface area contributed by atoms with Crippen LogP contribution in [0.4, 0.5) is 0 Å². The van der Waals surface area contributed by atoms with Crippen LogP contribution in [0.5, 0.6) is 0 Å². The van der Waals surface area contributed by atoms with Crippen LogP contribution in [0, 0.1) is 11.3 Å². The third kappa shape index (κ3) is 5.33. The fourth-order valence-electron chi connectivity index (χ4n) is 6.23. The van der Waals surface area contributed by atoms with E-state index in [0.29, 0.717) is 6.04 Å². The maximum Gasteiger partial charge on any atom is 0.259 e. The van der Waals surface area contributed by atoms with E-state index in [0.717, 1.165) is 81.0 Å². The van der Waals surface area contributed by atoms with Crippen molar-refractivity contribution in [2.45, 2.75) is 76.9 Å². The highest BCUT2D eigenvalue weighted by Gasteiger charge is 2.49. The van der Waals surface area contributed by atoms with Gasteiger partial charge in [0.15, 0.2) is 5.60 Å². The van der Waals surface area contributed by atoms with E-state index in [1.165, 1.54) is 5.57 Å². The van der Waals surface area contributed by atoms with Gasteiger partial charge in [-0.3, -0.25) is 4.79 Å². The molecule has 1 unspecified atom stereocenters. The number of allylic oxidation sites excluding steroid dienone is 3. The van der Waals surface area contributed by atoms with Crippen LogP contribution in [0.2, 0.25) is 0 Å². The zero-order valence-corrected chi connectivity index (χ0v) is 21.8. The van der Waals surface area contributed by atoms with E-state index in [4.69, 9.17) is 0 Å². The minimum atomic E-state index is -1.39. The lowest BCUT2D eigenvalue weighted by molar-refractivity contribution is -0.916. The van der Waals surface area contributed by atoms with Gasteiger partial charge in [0, 0.05) is 38.3 Å². The predicted octanol–water partition coefficient (Wildman–Crippen LogP) is 5.43. The van der Waals surface area contributed by atoms with Crippen molar-refractivity contribution in [3.05, 3.63) is 59.7 Å². The molecule has 1 saturated heterocycles. The van der Waals surface area contributed by atoms with E-state index in [2.05, 4.69) is 46.2 Å². The summed E-state index contributed by atoms with van der Waals surface area (Å²) >= 11 is 0. The number of hydrogen-bond donors (Lipinski definition) is 1. The zero-order valence-electron chi connectivity index (χ0n) is 21.8. The molecule has 186 valence electrons. The Bertz CT molecular complexity index is 903. The number of aliphatic hydroxyl groups is 1. The molecule has 0 aromatic heterocycles. The fraction of sp³-hybridized carbons (Fsp3) is 0.633. The quantitative estimate of drug-likeness (QED) is 0.545. The lowest BCUT2D eigenvalue weighted by atomic mass is 9.78. The molecule has 0 spiro atoms. The van der Waals surface area contributed by atoms with E-state index >= 15 is 0 Å². The molecule has 3 aliphatic rings. The number of carbonyl (C=O) groups is 1. The second-order valence-electron chi connectivity index (χ2n) is 12.2. The summed E-state index contributed by atoms with van der Waals surface area (Å²) in [5, 5.41) is 11.9. The van der Waals surface area contributed by atoms with Gasteiger partial charge in [-0.1, -0.05) is 75.2 Å². The van der Waals surface area contributed by atoms with Crippen LogP contribution in [-0.2, 0) is 10.4 Å². The molecule has 2 aliphatic carbocycles. The molecular weight excluding hydrogens is 420 g/mol. The summed E-state index contributed by atoms with van der Waals surface area (Å²) < 4.78 is 0.988. The van der Waals surface area contributed by atoms with Gasteiger partial charge < -0.3 is 14.5 Å². The van der Waals surface area contributed by atoms with Crippen molar-refractivity contribution < 1.29 is 14.4 Å². The van der Waals surface area contributed by atoms with Crippen LogP contribution in [0.15, 0.2) is 54.1 Å². The van der Waals surface area contributed by atoms with Gasteiger partial charge in [-0.15, -0.1) is 0 Å². The zero-order chi connectivity index (χ0) is 24.4. The number of hydrogen-bond acceptors (Lipinski definition) is 2. The largest absolute Gasteiger partial charge is 0.375 e. The third-order valence-electron chi connectivity index (χ3n) is 8.84. The van der Waals surface area contributed by atoms with E-state index in [1.807, 2.05) is 35.2 Å². The average molecular weight is 466 g/mol. The van der Waals surface area contributed by atoms with Crippen LogP contribution in [0.1, 0.15) is 70.8 Å². The topological polar surface area (TPSA) is 40.5 Å². The number of likely N-dealkylation sites (tertiary alicyclic amines) is 1. The molecule has 0 radical (unpaired) electrons. The summed E-state index contributed by atoms with van der Waals surface area (Å²) in [4.78, 5) is 15.8. The Morgan fingerprint density at radius 2 is 1.74 bits per heavy atom. The summed E-state index contributed by atoms with van der Waals surface area (Å²) in [6, 6.07) is 10.2. The molecule has 4 nitrogen and oxygen atoms in total. The van der Waals surface area contributed by atoms with Crippen molar-refractivity contribution >= 4 is 5.91 Å². The molecule has 1 aromatic rings. The molecule has 1 amide bonds. The van der Waals surface area contributed by atoms with Crippen molar-refractivity contribution in [2.75, 3.05) is 33.7 Å². The molecule has 4 rings (SSSR count). The third-order valence-corrected chi connectivity index (χ3v) is 8.84. The smallest absolute Gasteiger partial charge is 0.259 e. The average Bonchev–Trinajstić information content (AvgIpc) is 3.39. The Morgan fingerprint density at radius 1 is 1.09 bits per heavy atom. The van der Waals surface area contributed by atoms with Gasteiger partial charge >= 0.3 is 0 Å². The molecule has 1 saturated carbocycles. The van der Waals surface area contributed by atoms with E-state index < -0.39 is 5.60 Å². The summed E-state index contributed by atoms with van der Waals surface area (Å²) in [5.74, 6) is -0.0522.